The van der Waals surface area contributed by atoms with Crippen molar-refractivity contribution in [3.8, 4) is 0 Å². The molecule has 1 atom stereocenters. The van der Waals surface area contributed by atoms with Crippen LogP contribution in [-0.2, 0) is 12.0 Å². The zero-order chi connectivity index (χ0) is 13.2. The molecule has 0 aliphatic heterocycles. The molecule has 0 radical (unpaired) electrons. The summed E-state index contributed by atoms with van der Waals surface area (Å²) in [6, 6.07) is 17.1. The average molecular weight is 239 g/mol. The molecule has 2 aromatic rings. The van der Waals surface area contributed by atoms with Gasteiger partial charge in [-0.25, -0.2) is 0 Å². The third-order valence-corrected chi connectivity index (χ3v) is 3.37. The van der Waals surface area contributed by atoms with Crippen LogP contribution in [-0.4, -0.2) is 0 Å². The second-order valence-electron chi connectivity index (χ2n) is 5.45. The number of hydrogen-bond donors (Lipinski definition) is 1. The lowest BCUT2D eigenvalue weighted by atomic mass is 9.86. The van der Waals surface area contributed by atoms with Crippen molar-refractivity contribution in [3.63, 3.8) is 0 Å². The van der Waals surface area contributed by atoms with Crippen molar-refractivity contribution in [1.82, 2.24) is 0 Å². The minimum absolute atomic E-state index is 0.318. The molecule has 0 heterocycles. The lowest BCUT2D eigenvalue weighted by Crippen LogP contribution is -2.35. The van der Waals surface area contributed by atoms with Crippen molar-refractivity contribution in [1.29, 1.82) is 0 Å². The number of hydrogen-bond acceptors (Lipinski definition) is 1. The lowest BCUT2D eigenvalue weighted by Gasteiger charge is -2.26. The monoisotopic (exact) mass is 239 g/mol. The van der Waals surface area contributed by atoms with Gasteiger partial charge in [-0.15, -0.1) is 0 Å². The molecule has 0 amide bonds. The predicted molar refractivity (Wildman–Crippen MR) is 77.6 cm³/mol. The Balaban J connectivity index is 2.23. The third kappa shape index (κ3) is 2.99. The molecule has 2 rings (SSSR count). The Bertz CT molecular complexity index is 524. The van der Waals surface area contributed by atoms with Gasteiger partial charge in [-0.1, -0.05) is 59.7 Å². The average Bonchev–Trinajstić information content (AvgIpc) is 2.32. The van der Waals surface area contributed by atoms with Gasteiger partial charge in [0.2, 0.25) is 0 Å². The normalized spacial score (nSPS) is 14.2. The first-order chi connectivity index (χ1) is 8.47. The highest BCUT2D eigenvalue weighted by Gasteiger charge is 2.21. The summed E-state index contributed by atoms with van der Waals surface area (Å²) in [5, 5.41) is 0. The van der Waals surface area contributed by atoms with Gasteiger partial charge in [0.05, 0.1) is 0 Å². The molecule has 0 saturated carbocycles. The van der Waals surface area contributed by atoms with Crippen LogP contribution in [0.15, 0.2) is 48.5 Å². The molecule has 94 valence electrons. The molecule has 2 N–H and O–H groups in total. The standard InChI is InChI=1S/C17H21N/c1-13-7-9-15(10-8-13)12-17(3,18)16-6-4-5-14(2)11-16/h4-11H,12,18H2,1-3H3. The van der Waals surface area contributed by atoms with Crippen LogP contribution in [0.25, 0.3) is 0 Å². The summed E-state index contributed by atoms with van der Waals surface area (Å²) < 4.78 is 0. The van der Waals surface area contributed by atoms with Crippen molar-refractivity contribution in [3.05, 3.63) is 70.8 Å². The first-order valence-corrected chi connectivity index (χ1v) is 6.39. The van der Waals surface area contributed by atoms with Crippen molar-refractivity contribution < 1.29 is 0 Å². The summed E-state index contributed by atoms with van der Waals surface area (Å²) in [7, 11) is 0. The highest BCUT2D eigenvalue weighted by molar-refractivity contribution is 5.31. The first-order valence-electron chi connectivity index (χ1n) is 6.39. The van der Waals surface area contributed by atoms with E-state index in [1.54, 1.807) is 0 Å². The fourth-order valence-electron chi connectivity index (χ4n) is 2.23. The Labute approximate surface area is 110 Å². The molecule has 1 unspecified atom stereocenters. The highest BCUT2D eigenvalue weighted by Crippen LogP contribution is 2.23. The molecule has 0 aromatic heterocycles. The fraction of sp³-hybridized carbons (Fsp3) is 0.294. The van der Waals surface area contributed by atoms with Gasteiger partial charge in [0.25, 0.3) is 0 Å². The second kappa shape index (κ2) is 4.95. The Kier molecular flexibility index (Phi) is 3.53. The molecular formula is C17H21N. The van der Waals surface area contributed by atoms with Crippen LogP contribution >= 0.6 is 0 Å². The molecule has 1 heteroatoms. The fourth-order valence-corrected chi connectivity index (χ4v) is 2.23. The van der Waals surface area contributed by atoms with E-state index in [-0.39, 0.29) is 5.54 Å². The van der Waals surface area contributed by atoms with Crippen molar-refractivity contribution in [2.45, 2.75) is 32.7 Å². The molecule has 0 fully saturated rings. The van der Waals surface area contributed by atoms with E-state index in [0.717, 1.165) is 6.42 Å². The van der Waals surface area contributed by atoms with Crippen molar-refractivity contribution in [2.24, 2.45) is 5.73 Å². The molecular weight excluding hydrogens is 218 g/mol. The molecule has 0 spiro atoms. The molecule has 1 nitrogen and oxygen atoms in total. The third-order valence-electron chi connectivity index (χ3n) is 3.37. The van der Waals surface area contributed by atoms with Gasteiger partial charge in [0, 0.05) is 5.54 Å². The van der Waals surface area contributed by atoms with Crippen LogP contribution < -0.4 is 5.73 Å². The van der Waals surface area contributed by atoms with Crippen LogP contribution in [0.3, 0.4) is 0 Å². The smallest absolute Gasteiger partial charge is 0.0421 e. The molecule has 0 aliphatic carbocycles. The van der Waals surface area contributed by atoms with Crippen LogP contribution in [0.5, 0.6) is 0 Å². The zero-order valence-corrected chi connectivity index (χ0v) is 11.4. The summed E-state index contributed by atoms with van der Waals surface area (Å²) in [6.07, 6.45) is 0.858. The van der Waals surface area contributed by atoms with Gasteiger partial charge in [-0.3, -0.25) is 0 Å². The summed E-state index contributed by atoms with van der Waals surface area (Å²) in [4.78, 5) is 0. The summed E-state index contributed by atoms with van der Waals surface area (Å²) in [5.74, 6) is 0. The first kappa shape index (κ1) is 12.8. The van der Waals surface area contributed by atoms with Gasteiger partial charge >= 0.3 is 0 Å². The maximum atomic E-state index is 6.48. The van der Waals surface area contributed by atoms with Gasteiger partial charge < -0.3 is 5.73 Å². The van der Waals surface area contributed by atoms with Crippen LogP contribution in [0.1, 0.15) is 29.2 Å². The Morgan fingerprint density at radius 1 is 0.944 bits per heavy atom. The van der Waals surface area contributed by atoms with Gasteiger partial charge in [0.1, 0.15) is 0 Å². The topological polar surface area (TPSA) is 26.0 Å². The number of rotatable bonds is 3. The predicted octanol–water partition coefficient (Wildman–Crippen LogP) is 3.72. The summed E-state index contributed by atoms with van der Waals surface area (Å²) >= 11 is 0. The maximum Gasteiger partial charge on any atom is 0.0421 e. The second-order valence-corrected chi connectivity index (χ2v) is 5.45. The minimum atomic E-state index is -0.318. The molecule has 0 saturated heterocycles. The van der Waals surface area contributed by atoms with E-state index in [1.165, 1.54) is 22.3 Å². The van der Waals surface area contributed by atoms with Crippen LogP contribution in [0.4, 0.5) is 0 Å². The summed E-state index contributed by atoms with van der Waals surface area (Å²) in [5.41, 5.74) is 11.2. The highest BCUT2D eigenvalue weighted by atomic mass is 14.7. The number of benzene rings is 2. The Morgan fingerprint density at radius 2 is 1.61 bits per heavy atom. The summed E-state index contributed by atoms with van der Waals surface area (Å²) in [6.45, 7) is 6.30. The number of aryl methyl sites for hydroxylation is 2. The quantitative estimate of drug-likeness (QED) is 0.868. The van der Waals surface area contributed by atoms with E-state index in [9.17, 15) is 0 Å². The minimum Gasteiger partial charge on any atom is -0.321 e. The largest absolute Gasteiger partial charge is 0.321 e. The van der Waals surface area contributed by atoms with Crippen molar-refractivity contribution in [2.75, 3.05) is 0 Å². The number of nitrogens with two attached hydrogens (primary N) is 1. The van der Waals surface area contributed by atoms with E-state index < -0.39 is 0 Å². The Morgan fingerprint density at radius 3 is 2.22 bits per heavy atom. The van der Waals surface area contributed by atoms with Crippen molar-refractivity contribution >= 4 is 0 Å². The van der Waals surface area contributed by atoms with E-state index in [1.807, 2.05) is 0 Å². The SMILES string of the molecule is Cc1ccc(CC(C)(N)c2cccc(C)c2)cc1. The molecule has 0 bridgehead atoms. The lowest BCUT2D eigenvalue weighted by molar-refractivity contribution is 0.491. The Hall–Kier alpha value is -1.60. The van der Waals surface area contributed by atoms with Crippen LogP contribution in [0, 0.1) is 13.8 Å². The van der Waals surface area contributed by atoms with Gasteiger partial charge in [0.15, 0.2) is 0 Å². The maximum absolute atomic E-state index is 6.48. The van der Waals surface area contributed by atoms with E-state index in [0.29, 0.717) is 0 Å². The van der Waals surface area contributed by atoms with E-state index >= 15 is 0 Å². The molecule has 18 heavy (non-hydrogen) atoms. The molecule has 0 aliphatic rings. The van der Waals surface area contributed by atoms with Gasteiger partial charge in [-0.05, 0) is 38.3 Å². The zero-order valence-electron chi connectivity index (χ0n) is 11.4. The molecule has 2 aromatic carbocycles. The van der Waals surface area contributed by atoms with E-state index in [2.05, 4.69) is 69.3 Å². The van der Waals surface area contributed by atoms with Gasteiger partial charge in [-0.2, -0.15) is 0 Å². The van der Waals surface area contributed by atoms with E-state index in [4.69, 9.17) is 5.73 Å². The van der Waals surface area contributed by atoms with Crippen LogP contribution in [0.2, 0.25) is 0 Å².